The van der Waals surface area contributed by atoms with Crippen LogP contribution >= 0.6 is 0 Å². The molecule has 0 aromatic rings. The zero-order chi connectivity index (χ0) is 12.8. The van der Waals surface area contributed by atoms with E-state index in [-0.39, 0.29) is 17.9 Å². The van der Waals surface area contributed by atoms with Crippen LogP contribution in [0.25, 0.3) is 0 Å². The highest BCUT2D eigenvalue weighted by atomic mass is 16.6. The van der Waals surface area contributed by atoms with Gasteiger partial charge in [-0.1, -0.05) is 19.9 Å². The monoisotopic (exact) mass is 239 g/mol. The summed E-state index contributed by atoms with van der Waals surface area (Å²) >= 11 is 0. The molecule has 1 saturated heterocycles. The molecule has 0 aromatic heterocycles. The van der Waals surface area contributed by atoms with Crippen molar-refractivity contribution in [3.8, 4) is 0 Å². The lowest BCUT2D eigenvalue weighted by Gasteiger charge is -2.22. The summed E-state index contributed by atoms with van der Waals surface area (Å²) in [7, 11) is 0. The van der Waals surface area contributed by atoms with Gasteiger partial charge < -0.3 is 4.74 Å². The fourth-order valence-corrected chi connectivity index (χ4v) is 1.90. The van der Waals surface area contributed by atoms with Gasteiger partial charge in [0.15, 0.2) is 0 Å². The van der Waals surface area contributed by atoms with Crippen LogP contribution < -0.4 is 0 Å². The molecule has 4 nitrogen and oxygen atoms in total. The number of rotatable bonds is 6. The minimum Gasteiger partial charge on any atom is -0.447 e. The van der Waals surface area contributed by atoms with Crippen molar-refractivity contribution < 1.29 is 14.3 Å². The second-order valence-electron chi connectivity index (χ2n) is 4.69. The molecule has 1 heterocycles. The third kappa shape index (κ3) is 3.58. The lowest BCUT2D eigenvalue weighted by atomic mass is 10.0. The van der Waals surface area contributed by atoms with Crippen LogP contribution in [0.15, 0.2) is 12.7 Å². The summed E-state index contributed by atoms with van der Waals surface area (Å²) in [6.45, 7) is 7.94. The van der Waals surface area contributed by atoms with E-state index in [1.807, 2.05) is 19.9 Å². The lowest BCUT2D eigenvalue weighted by Crippen LogP contribution is -2.41. The van der Waals surface area contributed by atoms with E-state index in [4.69, 9.17) is 4.74 Å². The molecule has 0 aromatic carbocycles. The van der Waals surface area contributed by atoms with Gasteiger partial charge in [0.05, 0.1) is 6.04 Å². The van der Waals surface area contributed by atoms with E-state index in [1.165, 1.54) is 4.90 Å². The van der Waals surface area contributed by atoms with Crippen LogP contribution in [0.3, 0.4) is 0 Å². The predicted molar refractivity (Wildman–Crippen MR) is 65.5 cm³/mol. The molecule has 17 heavy (non-hydrogen) atoms. The molecule has 0 aliphatic carbocycles. The second kappa shape index (κ2) is 6.42. The van der Waals surface area contributed by atoms with Gasteiger partial charge in [-0.25, -0.2) is 9.69 Å². The van der Waals surface area contributed by atoms with Crippen molar-refractivity contribution in [2.75, 3.05) is 6.61 Å². The third-order valence-corrected chi connectivity index (χ3v) is 2.99. The highest BCUT2D eigenvalue weighted by Crippen LogP contribution is 2.21. The highest BCUT2D eigenvalue weighted by molar-refractivity contribution is 5.93. The largest absolute Gasteiger partial charge is 0.447 e. The summed E-state index contributed by atoms with van der Waals surface area (Å²) in [5, 5.41) is 0. The minimum atomic E-state index is -0.488. The van der Waals surface area contributed by atoms with Gasteiger partial charge in [-0.15, -0.1) is 6.58 Å². The van der Waals surface area contributed by atoms with Crippen LogP contribution in [0.1, 0.15) is 39.5 Å². The molecule has 4 heteroatoms. The van der Waals surface area contributed by atoms with Crippen molar-refractivity contribution in [2.24, 2.45) is 5.92 Å². The number of hydrogen-bond donors (Lipinski definition) is 0. The molecule has 1 atom stereocenters. The Bertz CT molecular complexity index is 299. The molecule has 0 saturated carbocycles. The Morgan fingerprint density at radius 3 is 2.88 bits per heavy atom. The van der Waals surface area contributed by atoms with Gasteiger partial charge in [0, 0.05) is 6.42 Å². The number of cyclic esters (lactones) is 1. The first-order chi connectivity index (χ1) is 8.07. The summed E-state index contributed by atoms with van der Waals surface area (Å²) in [5.41, 5.74) is 0. The standard InChI is InChI=1S/C13H21NO3/c1-4-5-6-7-8-12(15)14-11(10(2)3)9-17-13(14)16/h4,10-11H,1,5-9H2,2-3H3/t11-/m1/s1. The Morgan fingerprint density at radius 2 is 2.29 bits per heavy atom. The van der Waals surface area contributed by atoms with Crippen LogP contribution in [0.5, 0.6) is 0 Å². The third-order valence-electron chi connectivity index (χ3n) is 2.99. The summed E-state index contributed by atoms with van der Waals surface area (Å²) < 4.78 is 4.94. The van der Waals surface area contributed by atoms with Crippen molar-refractivity contribution in [2.45, 2.75) is 45.6 Å². The molecule has 1 rings (SSSR count). The molecule has 96 valence electrons. The number of allylic oxidation sites excluding steroid dienone is 1. The van der Waals surface area contributed by atoms with E-state index in [1.54, 1.807) is 0 Å². The summed E-state index contributed by atoms with van der Waals surface area (Å²) in [5.74, 6) is 0.119. The number of ether oxygens (including phenoxy) is 1. The molecule has 0 unspecified atom stereocenters. The van der Waals surface area contributed by atoms with Gasteiger partial charge in [0.2, 0.25) is 5.91 Å². The zero-order valence-electron chi connectivity index (χ0n) is 10.6. The number of carbonyl (C=O) groups is 2. The maximum Gasteiger partial charge on any atom is 0.416 e. The van der Waals surface area contributed by atoms with Gasteiger partial charge in [-0.05, 0) is 25.2 Å². The van der Waals surface area contributed by atoms with Crippen LogP contribution in [0.2, 0.25) is 0 Å². The van der Waals surface area contributed by atoms with Crippen LogP contribution in [-0.4, -0.2) is 29.5 Å². The van der Waals surface area contributed by atoms with Gasteiger partial charge in [0.1, 0.15) is 6.61 Å². The summed E-state index contributed by atoms with van der Waals surface area (Å²) in [4.78, 5) is 24.7. The van der Waals surface area contributed by atoms with E-state index in [2.05, 4.69) is 6.58 Å². The number of unbranched alkanes of at least 4 members (excludes halogenated alkanes) is 2. The zero-order valence-corrected chi connectivity index (χ0v) is 10.6. The van der Waals surface area contributed by atoms with Crippen molar-refractivity contribution in [3.05, 3.63) is 12.7 Å². The van der Waals surface area contributed by atoms with E-state index in [0.717, 1.165) is 19.3 Å². The molecule has 1 aliphatic rings. The minimum absolute atomic E-state index is 0.102. The Kier molecular flexibility index (Phi) is 5.19. The molecule has 0 spiro atoms. The van der Waals surface area contributed by atoms with Crippen LogP contribution in [-0.2, 0) is 9.53 Å². The predicted octanol–water partition coefficient (Wildman–Crippen LogP) is 2.74. The van der Waals surface area contributed by atoms with Crippen molar-refractivity contribution >= 4 is 12.0 Å². The first-order valence-corrected chi connectivity index (χ1v) is 6.17. The highest BCUT2D eigenvalue weighted by Gasteiger charge is 2.38. The molecular formula is C13H21NO3. The number of hydrogen-bond acceptors (Lipinski definition) is 3. The molecular weight excluding hydrogens is 218 g/mol. The lowest BCUT2D eigenvalue weighted by molar-refractivity contribution is -0.129. The Morgan fingerprint density at radius 1 is 1.59 bits per heavy atom. The summed E-state index contributed by atoms with van der Waals surface area (Å²) in [6.07, 6.45) is 4.39. The maximum atomic E-state index is 11.9. The Labute approximate surface area is 103 Å². The molecule has 1 fully saturated rings. The van der Waals surface area contributed by atoms with E-state index in [9.17, 15) is 9.59 Å². The molecule has 0 N–H and O–H groups in total. The number of nitrogens with zero attached hydrogens (tertiary/aromatic N) is 1. The number of amides is 2. The van der Waals surface area contributed by atoms with Gasteiger partial charge in [0.25, 0.3) is 0 Å². The number of carbonyl (C=O) groups excluding carboxylic acids is 2. The van der Waals surface area contributed by atoms with E-state index in [0.29, 0.717) is 13.0 Å². The molecule has 0 bridgehead atoms. The van der Waals surface area contributed by atoms with Crippen molar-refractivity contribution in [3.63, 3.8) is 0 Å². The average Bonchev–Trinajstić information content (AvgIpc) is 2.66. The second-order valence-corrected chi connectivity index (χ2v) is 4.69. The van der Waals surface area contributed by atoms with Gasteiger partial charge in [-0.2, -0.15) is 0 Å². The van der Waals surface area contributed by atoms with Crippen molar-refractivity contribution in [1.82, 2.24) is 4.90 Å². The Hall–Kier alpha value is -1.32. The van der Waals surface area contributed by atoms with Crippen molar-refractivity contribution in [1.29, 1.82) is 0 Å². The van der Waals surface area contributed by atoms with E-state index >= 15 is 0 Å². The smallest absolute Gasteiger partial charge is 0.416 e. The molecule has 2 amide bonds. The quantitative estimate of drug-likeness (QED) is 0.529. The normalized spacial score (nSPS) is 19.6. The van der Waals surface area contributed by atoms with Gasteiger partial charge >= 0.3 is 6.09 Å². The first kappa shape index (κ1) is 13.7. The molecule has 0 radical (unpaired) electrons. The average molecular weight is 239 g/mol. The number of imide groups is 1. The van der Waals surface area contributed by atoms with Crippen LogP contribution in [0, 0.1) is 5.92 Å². The maximum absolute atomic E-state index is 11.9. The van der Waals surface area contributed by atoms with Crippen LogP contribution in [0.4, 0.5) is 4.79 Å². The molecule has 1 aliphatic heterocycles. The van der Waals surface area contributed by atoms with Gasteiger partial charge in [-0.3, -0.25) is 4.79 Å². The summed E-state index contributed by atoms with van der Waals surface area (Å²) in [6, 6.07) is -0.102. The fourth-order valence-electron chi connectivity index (χ4n) is 1.90. The fraction of sp³-hybridized carbons (Fsp3) is 0.692. The topological polar surface area (TPSA) is 46.6 Å². The first-order valence-electron chi connectivity index (χ1n) is 6.17. The SMILES string of the molecule is C=CCCCCC(=O)N1C(=O)OC[C@@H]1C(C)C. The Balaban J connectivity index is 2.48. The van der Waals surface area contributed by atoms with E-state index < -0.39 is 6.09 Å².